The maximum Gasteiger partial charge on any atom is 0.203 e. The lowest BCUT2D eigenvalue weighted by Gasteiger charge is -2.18. The van der Waals surface area contributed by atoms with E-state index in [0.717, 1.165) is 183 Å². The van der Waals surface area contributed by atoms with Crippen molar-refractivity contribution in [3.05, 3.63) is 212 Å². The summed E-state index contributed by atoms with van der Waals surface area (Å²) in [7, 11) is 0. The average Bonchev–Trinajstić information content (AvgIpc) is 0.824. The number of unbranched alkanes of at least 4 members (excludes halogenated alkanes) is 6. The normalized spacial score (nSPS) is 11.8. The van der Waals surface area contributed by atoms with E-state index in [4.69, 9.17) is 85.3 Å². The Morgan fingerprint density at radius 3 is 0.425 bits per heavy atom. The van der Waals surface area contributed by atoms with Gasteiger partial charge in [-0.2, -0.15) is 0 Å². The molecule has 0 spiro atoms. The largest absolute Gasteiger partial charge is 0.487 e. The van der Waals surface area contributed by atoms with Gasteiger partial charge in [0, 0.05) is 39.6 Å². The summed E-state index contributed by atoms with van der Waals surface area (Å²) in [5.41, 5.74) is 12.8. The fraction of sp³-hybridized carbons (Fsp3) is 0.471. The zero-order valence-corrected chi connectivity index (χ0v) is 72.8. The van der Waals surface area contributed by atoms with E-state index in [1.165, 1.54) is 0 Å². The van der Waals surface area contributed by atoms with Crippen molar-refractivity contribution >= 4 is 72.9 Å². The van der Waals surface area contributed by atoms with Gasteiger partial charge in [-0.25, -0.2) is 0 Å². The number of rotatable bonds is 72. The number of ether oxygens (including phenoxy) is 18. The number of benzene rings is 7. The fourth-order valence-corrected chi connectivity index (χ4v) is 11.5. The second-order valence-corrected chi connectivity index (χ2v) is 28.6. The molecule has 0 aliphatic rings. The Morgan fingerprint density at radius 1 is 0.150 bits per heavy atom. The second-order valence-electron chi connectivity index (χ2n) is 28.6. The molecule has 0 unspecified atom stereocenters. The molecule has 0 fully saturated rings. The van der Waals surface area contributed by atoms with Gasteiger partial charge in [-0.3, -0.25) is 0 Å². The maximum absolute atomic E-state index is 6.40. The SMILES string of the molecule is CCCCOCCOCCOc1cc(/C=C/c2ccc(/C=C/c3ccc(/C=C/c4ccc(/C=C/c5ccc(/C=C/c6ccc(/C=C/c7cc(OCCOCCOCCCC)c(OCCOCCOCCCC)c(OCCOCCOCCCC)c7)cc6)cc5)cc4)cc3)cc2)cc(OCCOCCOCCCC)c1OCCOCCOCCCC. The molecule has 0 aliphatic heterocycles. The molecule has 0 bridgehead atoms. The lowest BCUT2D eigenvalue weighted by Crippen LogP contribution is -2.15. The van der Waals surface area contributed by atoms with Gasteiger partial charge in [0.25, 0.3) is 0 Å². The molecule has 0 radical (unpaired) electrons. The van der Waals surface area contributed by atoms with Gasteiger partial charge < -0.3 is 85.3 Å². The summed E-state index contributed by atoms with van der Waals surface area (Å²) in [4.78, 5) is 0. The zero-order valence-electron chi connectivity index (χ0n) is 72.8. The average molecular weight is 1650 g/mol. The highest BCUT2D eigenvalue weighted by Gasteiger charge is 2.19. The van der Waals surface area contributed by atoms with Crippen LogP contribution in [0.1, 0.15) is 185 Å². The molecule has 7 aromatic carbocycles. The zero-order chi connectivity index (χ0) is 84.3. The van der Waals surface area contributed by atoms with E-state index in [-0.39, 0.29) is 0 Å². The summed E-state index contributed by atoms with van der Waals surface area (Å²) in [6, 6.07) is 50.6. The van der Waals surface area contributed by atoms with Crippen LogP contribution in [0.3, 0.4) is 0 Å². The molecule has 0 saturated carbocycles. The summed E-state index contributed by atoms with van der Waals surface area (Å²) in [5.74, 6) is 3.17. The highest BCUT2D eigenvalue weighted by atomic mass is 16.6. The van der Waals surface area contributed by atoms with Gasteiger partial charge in [0.1, 0.15) is 39.6 Å². The summed E-state index contributed by atoms with van der Waals surface area (Å²) >= 11 is 0. The van der Waals surface area contributed by atoms with Crippen LogP contribution in [-0.4, -0.2) is 198 Å². The molecule has 18 nitrogen and oxygen atoms in total. The molecule has 0 aliphatic carbocycles. The lowest BCUT2D eigenvalue weighted by molar-refractivity contribution is 0.0303. The Bertz CT molecular complexity index is 3570. The third-order valence-corrected chi connectivity index (χ3v) is 18.6. The van der Waals surface area contributed by atoms with Gasteiger partial charge in [0.2, 0.25) is 11.5 Å². The van der Waals surface area contributed by atoms with Crippen molar-refractivity contribution in [1.29, 1.82) is 0 Å². The molecule has 0 saturated heterocycles. The Balaban J connectivity index is 0.902. The van der Waals surface area contributed by atoms with E-state index in [1.807, 2.05) is 24.3 Å². The van der Waals surface area contributed by atoms with Gasteiger partial charge >= 0.3 is 0 Å². The van der Waals surface area contributed by atoms with Gasteiger partial charge in [-0.1, -0.05) is 274 Å². The van der Waals surface area contributed by atoms with E-state index in [9.17, 15) is 0 Å². The van der Waals surface area contributed by atoms with Crippen molar-refractivity contribution in [2.24, 2.45) is 0 Å². The third-order valence-electron chi connectivity index (χ3n) is 18.6. The number of hydrogen-bond acceptors (Lipinski definition) is 18. The molecule has 18 heteroatoms. The minimum Gasteiger partial charge on any atom is -0.487 e. The van der Waals surface area contributed by atoms with E-state index in [0.29, 0.717) is 193 Å². The highest BCUT2D eigenvalue weighted by molar-refractivity contribution is 5.78. The number of hydrogen-bond donors (Lipinski definition) is 0. The van der Waals surface area contributed by atoms with Crippen LogP contribution >= 0.6 is 0 Å². The summed E-state index contributed by atoms with van der Waals surface area (Å²) in [6.45, 7) is 27.6. The van der Waals surface area contributed by atoms with Crippen LogP contribution in [0.15, 0.2) is 146 Å². The van der Waals surface area contributed by atoms with Crippen LogP contribution < -0.4 is 28.4 Å². The van der Waals surface area contributed by atoms with Crippen molar-refractivity contribution in [2.45, 2.75) is 119 Å². The van der Waals surface area contributed by atoms with Gasteiger partial charge in [-0.15, -0.1) is 0 Å². The predicted octanol–water partition coefficient (Wildman–Crippen LogP) is 22.0. The van der Waals surface area contributed by atoms with Crippen LogP contribution in [-0.2, 0) is 56.8 Å². The molecular weight excluding hydrogens is 1510 g/mol. The molecule has 0 heterocycles. The monoisotopic (exact) mass is 1650 g/mol. The van der Waals surface area contributed by atoms with Crippen LogP contribution in [0.4, 0.5) is 0 Å². The van der Waals surface area contributed by atoms with Gasteiger partial charge in [0.15, 0.2) is 23.0 Å². The maximum atomic E-state index is 6.40. The van der Waals surface area contributed by atoms with E-state index >= 15 is 0 Å². The van der Waals surface area contributed by atoms with E-state index < -0.39 is 0 Å². The Labute approximate surface area is 718 Å². The molecule has 0 atom stereocenters. The van der Waals surface area contributed by atoms with E-state index in [2.05, 4.69) is 236 Å². The second kappa shape index (κ2) is 66.0. The Morgan fingerprint density at radius 2 is 0.275 bits per heavy atom. The fourth-order valence-electron chi connectivity index (χ4n) is 11.5. The van der Waals surface area contributed by atoms with Crippen molar-refractivity contribution in [1.82, 2.24) is 0 Å². The first-order valence-electron chi connectivity index (χ1n) is 44.0. The predicted molar refractivity (Wildman–Crippen MR) is 491 cm³/mol. The first-order valence-corrected chi connectivity index (χ1v) is 44.0. The minimum atomic E-state index is 0.294. The van der Waals surface area contributed by atoms with Crippen LogP contribution in [0, 0.1) is 0 Å². The molecule has 0 aromatic heterocycles. The first-order chi connectivity index (χ1) is 59.4. The van der Waals surface area contributed by atoms with Crippen molar-refractivity contribution < 1.29 is 85.3 Å². The molecule has 7 rings (SSSR count). The standard InChI is InChI=1S/C102H138O18/c1-7-13-51-103-57-63-109-69-75-115-97-81-95(82-98(116-76-70-110-64-58-104-52-14-8-2)101(97)119-79-73-113-67-61-107-55-17-11-5)49-47-93-43-39-91(40-44-93)37-35-89-31-27-87(28-32-89)25-23-85-19-21-86(22-20-85)24-26-88-29-33-90(34-30-88)36-38-92-41-45-94(46-42-92)48-50-96-83-99(117-77-71-111-65-59-105-53-15-9-3)102(120-80-74-114-68-62-108-56-18-12-6)100(84-96)118-78-72-112-66-60-106-54-16-10-4/h19-50,81-84H,7-18,51-80H2,1-6H3/b25-23+,26-24+,37-35+,38-36+,49-47+,50-48+. The third kappa shape index (κ3) is 44.7. The molecule has 120 heavy (non-hydrogen) atoms. The van der Waals surface area contributed by atoms with E-state index in [1.54, 1.807) is 0 Å². The molecular formula is C102H138O18. The molecule has 0 N–H and O–H groups in total. The van der Waals surface area contributed by atoms with Crippen LogP contribution in [0.25, 0.3) is 72.9 Å². The molecule has 654 valence electrons. The Kier molecular flexibility index (Phi) is 54.1. The summed E-state index contributed by atoms with van der Waals surface area (Å²) in [6.07, 6.45) is 38.2. The van der Waals surface area contributed by atoms with Crippen LogP contribution in [0.5, 0.6) is 34.5 Å². The van der Waals surface area contributed by atoms with Crippen molar-refractivity contribution in [3.63, 3.8) is 0 Å². The molecule has 0 amide bonds. The van der Waals surface area contributed by atoms with Gasteiger partial charge in [0.05, 0.1) is 119 Å². The summed E-state index contributed by atoms with van der Waals surface area (Å²) < 4.78 is 108. The van der Waals surface area contributed by atoms with Crippen molar-refractivity contribution in [3.8, 4) is 34.5 Å². The Hall–Kier alpha value is -8.70. The quantitative estimate of drug-likeness (QED) is 0.0261. The first kappa shape index (κ1) is 98.4. The minimum absolute atomic E-state index is 0.294. The van der Waals surface area contributed by atoms with Crippen LogP contribution in [0.2, 0.25) is 0 Å². The summed E-state index contributed by atoms with van der Waals surface area (Å²) in [5, 5.41) is 0. The smallest absolute Gasteiger partial charge is 0.203 e. The van der Waals surface area contributed by atoms with Gasteiger partial charge in [-0.05, 0) is 130 Å². The lowest BCUT2D eigenvalue weighted by atomic mass is 10.1. The van der Waals surface area contributed by atoms with Crippen molar-refractivity contribution in [2.75, 3.05) is 198 Å². The molecule has 7 aromatic rings. The highest BCUT2D eigenvalue weighted by Crippen LogP contribution is 2.41. The topological polar surface area (TPSA) is 166 Å².